The van der Waals surface area contributed by atoms with Crippen LogP contribution in [0.15, 0.2) is 78.9 Å². The van der Waals surface area contributed by atoms with Crippen LogP contribution in [-0.2, 0) is 22.7 Å². The first kappa shape index (κ1) is 20.5. The van der Waals surface area contributed by atoms with Crippen LogP contribution in [0.5, 0.6) is 11.5 Å². The summed E-state index contributed by atoms with van der Waals surface area (Å²) in [6, 6.07) is 25.0. The molecule has 0 atom stereocenters. The number of benzene rings is 3. The molecule has 6 heteroatoms. The fraction of sp³-hybridized carbons (Fsp3) is 0.200. The Bertz CT molecular complexity index is 996. The Morgan fingerprint density at radius 1 is 0.774 bits per heavy atom. The number of carbonyl (C=O) groups excluding carboxylic acids is 2. The third kappa shape index (κ3) is 5.63. The van der Waals surface area contributed by atoms with Gasteiger partial charge in [0.1, 0.15) is 0 Å². The number of ether oxygens (including phenoxy) is 2. The standard InChI is InChI=1S/C25H24N2O4/c28-24(26-21-11-12-22-23(15-21)31-18-30-22)13-14-25(29)27(16-19-7-3-1-4-8-19)17-20-9-5-2-6-10-20/h1-12,15H,13-14,16-18H2,(H,26,28). The van der Waals surface area contributed by atoms with Gasteiger partial charge >= 0.3 is 0 Å². The Kier molecular flexibility index (Phi) is 6.47. The summed E-state index contributed by atoms with van der Waals surface area (Å²) in [4.78, 5) is 27.2. The van der Waals surface area contributed by atoms with Crippen molar-refractivity contribution in [1.82, 2.24) is 4.90 Å². The largest absolute Gasteiger partial charge is 0.454 e. The van der Waals surface area contributed by atoms with Crippen LogP contribution in [0.4, 0.5) is 5.69 Å². The van der Waals surface area contributed by atoms with E-state index in [1.165, 1.54) is 0 Å². The molecule has 0 saturated heterocycles. The van der Waals surface area contributed by atoms with E-state index >= 15 is 0 Å². The van der Waals surface area contributed by atoms with Gasteiger partial charge in [-0.15, -0.1) is 0 Å². The van der Waals surface area contributed by atoms with Crippen LogP contribution in [0.25, 0.3) is 0 Å². The van der Waals surface area contributed by atoms with Gasteiger partial charge in [0.05, 0.1) is 0 Å². The van der Waals surface area contributed by atoms with E-state index in [0.717, 1.165) is 11.1 Å². The molecular formula is C25H24N2O4. The number of hydrogen-bond donors (Lipinski definition) is 1. The molecule has 4 rings (SSSR count). The van der Waals surface area contributed by atoms with Gasteiger partial charge in [0.25, 0.3) is 0 Å². The molecule has 31 heavy (non-hydrogen) atoms. The molecule has 0 aromatic heterocycles. The van der Waals surface area contributed by atoms with Crippen LogP contribution < -0.4 is 14.8 Å². The third-order valence-electron chi connectivity index (χ3n) is 5.01. The maximum absolute atomic E-state index is 13.0. The summed E-state index contributed by atoms with van der Waals surface area (Å²) in [6.45, 7) is 1.18. The summed E-state index contributed by atoms with van der Waals surface area (Å²) < 4.78 is 10.6. The average molecular weight is 416 g/mol. The van der Waals surface area contributed by atoms with Crippen molar-refractivity contribution in [2.75, 3.05) is 12.1 Å². The molecule has 0 spiro atoms. The second kappa shape index (κ2) is 9.80. The fourth-order valence-corrected chi connectivity index (χ4v) is 3.42. The number of amides is 2. The van der Waals surface area contributed by atoms with Crippen molar-refractivity contribution >= 4 is 17.5 Å². The molecule has 0 aliphatic carbocycles. The quantitative estimate of drug-likeness (QED) is 0.592. The van der Waals surface area contributed by atoms with Crippen molar-refractivity contribution in [3.8, 4) is 11.5 Å². The minimum absolute atomic E-state index is 0.0615. The van der Waals surface area contributed by atoms with Gasteiger partial charge in [-0.1, -0.05) is 60.7 Å². The van der Waals surface area contributed by atoms with E-state index in [-0.39, 0.29) is 31.4 Å². The second-order valence-corrected chi connectivity index (χ2v) is 7.34. The highest BCUT2D eigenvalue weighted by molar-refractivity contribution is 5.93. The number of rotatable bonds is 8. The minimum Gasteiger partial charge on any atom is -0.454 e. The van der Waals surface area contributed by atoms with E-state index < -0.39 is 0 Å². The molecule has 1 heterocycles. The van der Waals surface area contributed by atoms with Crippen LogP contribution >= 0.6 is 0 Å². The zero-order valence-electron chi connectivity index (χ0n) is 17.1. The zero-order chi connectivity index (χ0) is 21.5. The molecule has 158 valence electrons. The summed E-state index contributed by atoms with van der Waals surface area (Å²) in [7, 11) is 0. The minimum atomic E-state index is -0.216. The van der Waals surface area contributed by atoms with Crippen LogP contribution in [0.2, 0.25) is 0 Å². The predicted octanol–water partition coefficient (Wildman–Crippen LogP) is 4.36. The van der Waals surface area contributed by atoms with Crippen molar-refractivity contribution in [2.24, 2.45) is 0 Å². The highest BCUT2D eigenvalue weighted by atomic mass is 16.7. The fourth-order valence-electron chi connectivity index (χ4n) is 3.42. The van der Waals surface area contributed by atoms with Gasteiger partial charge in [-0.3, -0.25) is 9.59 Å². The number of hydrogen-bond acceptors (Lipinski definition) is 4. The monoisotopic (exact) mass is 416 g/mol. The topological polar surface area (TPSA) is 67.9 Å². The number of fused-ring (bicyclic) bond motifs is 1. The number of anilines is 1. The first-order chi connectivity index (χ1) is 15.2. The SMILES string of the molecule is O=C(CCC(=O)N(Cc1ccccc1)Cc1ccccc1)Nc1ccc2c(c1)OCO2. The molecule has 1 aliphatic heterocycles. The highest BCUT2D eigenvalue weighted by Crippen LogP contribution is 2.34. The maximum Gasteiger partial charge on any atom is 0.231 e. The average Bonchev–Trinajstić information content (AvgIpc) is 3.26. The van der Waals surface area contributed by atoms with Crippen LogP contribution in [0.3, 0.4) is 0 Å². The molecule has 6 nitrogen and oxygen atoms in total. The first-order valence-electron chi connectivity index (χ1n) is 10.2. The lowest BCUT2D eigenvalue weighted by atomic mass is 10.1. The van der Waals surface area contributed by atoms with Gasteiger partial charge in [0.2, 0.25) is 18.6 Å². The Balaban J connectivity index is 1.36. The Labute approximate surface area is 181 Å². The summed E-state index contributed by atoms with van der Waals surface area (Å²) in [5.41, 5.74) is 2.72. The van der Waals surface area contributed by atoms with Crippen LogP contribution in [0.1, 0.15) is 24.0 Å². The Hall–Kier alpha value is -3.80. The lowest BCUT2D eigenvalue weighted by molar-refractivity contribution is -0.134. The van der Waals surface area contributed by atoms with E-state index in [4.69, 9.17) is 9.47 Å². The highest BCUT2D eigenvalue weighted by Gasteiger charge is 2.18. The van der Waals surface area contributed by atoms with Crippen molar-refractivity contribution in [3.05, 3.63) is 90.0 Å². The number of nitrogens with one attached hydrogen (secondary N) is 1. The maximum atomic E-state index is 13.0. The normalized spacial score (nSPS) is 11.7. The van der Waals surface area contributed by atoms with E-state index in [2.05, 4.69) is 5.32 Å². The molecule has 3 aromatic rings. The molecule has 1 aliphatic rings. The zero-order valence-corrected chi connectivity index (χ0v) is 17.1. The number of carbonyl (C=O) groups is 2. The van der Waals surface area contributed by atoms with Crippen LogP contribution in [0, 0.1) is 0 Å². The molecule has 0 unspecified atom stereocenters. The van der Waals surface area contributed by atoms with Gasteiger partial charge in [-0.05, 0) is 23.3 Å². The van der Waals surface area contributed by atoms with Gasteiger partial charge in [-0.2, -0.15) is 0 Å². The molecule has 1 N–H and O–H groups in total. The third-order valence-corrected chi connectivity index (χ3v) is 5.01. The molecular weight excluding hydrogens is 392 g/mol. The Morgan fingerprint density at radius 2 is 1.39 bits per heavy atom. The summed E-state index contributed by atoms with van der Waals surface area (Å²) in [6.07, 6.45) is 0.239. The molecule has 0 bridgehead atoms. The van der Waals surface area contributed by atoms with Gasteiger partial charge < -0.3 is 19.7 Å². The van der Waals surface area contributed by atoms with Crippen molar-refractivity contribution in [2.45, 2.75) is 25.9 Å². The van der Waals surface area contributed by atoms with Crippen LogP contribution in [-0.4, -0.2) is 23.5 Å². The molecule has 3 aromatic carbocycles. The Morgan fingerprint density at radius 3 is 2.03 bits per heavy atom. The summed E-state index contributed by atoms with van der Waals surface area (Å²) >= 11 is 0. The van der Waals surface area contributed by atoms with E-state index in [1.54, 1.807) is 23.1 Å². The smallest absolute Gasteiger partial charge is 0.231 e. The predicted molar refractivity (Wildman–Crippen MR) is 118 cm³/mol. The van der Waals surface area contributed by atoms with E-state index in [0.29, 0.717) is 30.3 Å². The van der Waals surface area contributed by atoms with Gasteiger partial charge in [-0.25, -0.2) is 0 Å². The molecule has 0 fully saturated rings. The first-order valence-corrected chi connectivity index (χ1v) is 10.2. The van der Waals surface area contributed by atoms with E-state index in [9.17, 15) is 9.59 Å². The second-order valence-electron chi connectivity index (χ2n) is 7.34. The van der Waals surface area contributed by atoms with Gasteiger partial charge in [0, 0.05) is 37.7 Å². The molecule has 0 radical (unpaired) electrons. The van der Waals surface area contributed by atoms with E-state index in [1.807, 2.05) is 60.7 Å². The summed E-state index contributed by atoms with van der Waals surface area (Å²) in [5.74, 6) is 0.983. The molecule has 2 amide bonds. The lowest BCUT2D eigenvalue weighted by Gasteiger charge is -2.23. The van der Waals surface area contributed by atoms with Crippen molar-refractivity contribution in [1.29, 1.82) is 0 Å². The summed E-state index contributed by atoms with van der Waals surface area (Å²) in [5, 5.41) is 2.82. The van der Waals surface area contributed by atoms with Crippen molar-refractivity contribution in [3.63, 3.8) is 0 Å². The lowest BCUT2D eigenvalue weighted by Crippen LogP contribution is -2.30. The molecule has 0 saturated carbocycles. The number of nitrogens with zero attached hydrogens (tertiary/aromatic N) is 1. The van der Waals surface area contributed by atoms with Gasteiger partial charge in [0.15, 0.2) is 11.5 Å². The van der Waals surface area contributed by atoms with Crippen molar-refractivity contribution < 1.29 is 19.1 Å².